The van der Waals surface area contributed by atoms with Crippen LogP contribution in [0.15, 0.2) is 43.0 Å². The summed E-state index contributed by atoms with van der Waals surface area (Å²) < 4.78 is 16.1. The lowest BCUT2D eigenvalue weighted by Gasteiger charge is -2.17. The van der Waals surface area contributed by atoms with Crippen molar-refractivity contribution in [2.45, 2.75) is 44.6 Å². The van der Waals surface area contributed by atoms with E-state index in [1.54, 1.807) is 19.1 Å². The molecule has 2 atom stereocenters. The second-order valence-corrected chi connectivity index (χ2v) is 11.1. The summed E-state index contributed by atoms with van der Waals surface area (Å²) in [4.78, 5) is 57.8. The van der Waals surface area contributed by atoms with Crippen molar-refractivity contribution < 1.29 is 18.8 Å². The molecule has 2 aliphatic carbocycles. The number of halogens is 1. The maximum Gasteiger partial charge on any atom is 0.331 e. The molecule has 3 aliphatic rings. The molecule has 1 saturated heterocycles. The second kappa shape index (κ2) is 9.86. The number of nitrogens with zero attached hydrogens (tertiary/aromatic N) is 7. The van der Waals surface area contributed by atoms with Crippen molar-refractivity contribution in [3.05, 3.63) is 71.4 Å². The Hall–Kier alpha value is -4.94. The van der Waals surface area contributed by atoms with Crippen LogP contribution in [0.4, 0.5) is 26.5 Å². The number of amides is 4. The Labute approximate surface area is 240 Å². The fourth-order valence-corrected chi connectivity index (χ4v) is 5.39. The average Bonchev–Trinajstić information content (AvgIpc) is 3.90. The van der Waals surface area contributed by atoms with Crippen molar-refractivity contribution in [2.24, 2.45) is 5.92 Å². The van der Waals surface area contributed by atoms with Crippen molar-refractivity contribution >= 4 is 40.8 Å². The van der Waals surface area contributed by atoms with Gasteiger partial charge in [0.05, 0.1) is 23.6 Å². The Kier molecular flexibility index (Phi) is 6.10. The number of urea groups is 1. The molecule has 12 nitrogen and oxygen atoms in total. The Bertz CT molecular complexity index is 1770. The molecule has 2 saturated carbocycles. The number of imide groups is 1. The zero-order chi connectivity index (χ0) is 29.1. The van der Waals surface area contributed by atoms with Gasteiger partial charge in [-0.15, -0.1) is 0 Å². The van der Waals surface area contributed by atoms with Gasteiger partial charge < -0.3 is 15.0 Å². The lowest BCUT2D eigenvalue weighted by molar-refractivity contribution is -0.124. The van der Waals surface area contributed by atoms with Gasteiger partial charge in [-0.1, -0.05) is 0 Å². The third-order valence-electron chi connectivity index (χ3n) is 7.99. The highest BCUT2D eigenvalue weighted by Crippen LogP contribution is 2.48. The number of carbonyl (C=O) groups excluding carboxylic acids is 3. The quantitative estimate of drug-likeness (QED) is 0.307. The number of aryl methyl sites for hydroxylation is 1. The molecule has 42 heavy (non-hydrogen) atoms. The van der Waals surface area contributed by atoms with E-state index < -0.39 is 5.82 Å². The lowest BCUT2D eigenvalue weighted by atomic mass is 10.1. The molecule has 0 radical (unpaired) electrons. The van der Waals surface area contributed by atoms with Gasteiger partial charge in [-0.25, -0.2) is 24.1 Å². The average molecular weight is 570 g/mol. The number of rotatable bonds is 8. The molecule has 7 rings (SSSR count). The molecule has 5 heterocycles. The Morgan fingerprint density at radius 2 is 1.90 bits per heavy atom. The maximum atomic E-state index is 14.2. The van der Waals surface area contributed by atoms with Crippen LogP contribution in [0.25, 0.3) is 5.65 Å². The molecule has 0 aromatic carbocycles. The van der Waals surface area contributed by atoms with Crippen molar-refractivity contribution in [1.29, 1.82) is 0 Å². The first-order chi connectivity index (χ1) is 20.2. The van der Waals surface area contributed by atoms with Gasteiger partial charge in [-0.05, 0) is 55.9 Å². The third-order valence-corrected chi connectivity index (χ3v) is 7.99. The van der Waals surface area contributed by atoms with E-state index in [-0.39, 0.29) is 36.2 Å². The molecule has 214 valence electrons. The van der Waals surface area contributed by atoms with E-state index in [0.717, 1.165) is 23.3 Å². The van der Waals surface area contributed by atoms with Gasteiger partial charge in [-0.2, -0.15) is 0 Å². The summed E-state index contributed by atoms with van der Waals surface area (Å²) in [5.74, 6) is -0.269. The first-order valence-corrected chi connectivity index (χ1v) is 13.8. The summed E-state index contributed by atoms with van der Waals surface area (Å²) in [7, 11) is 1.48. The van der Waals surface area contributed by atoms with Crippen LogP contribution >= 0.6 is 0 Å². The molecule has 0 unspecified atom stereocenters. The van der Waals surface area contributed by atoms with Gasteiger partial charge in [-0.3, -0.25) is 24.4 Å². The monoisotopic (exact) mass is 569 g/mol. The number of carbonyl (C=O) groups is 3. The molecule has 0 spiro atoms. The van der Waals surface area contributed by atoms with Crippen molar-refractivity contribution in [2.75, 3.05) is 29.1 Å². The predicted octanol–water partition coefficient (Wildman–Crippen LogP) is 3.60. The van der Waals surface area contributed by atoms with Gasteiger partial charge in [0.15, 0.2) is 5.65 Å². The largest absolute Gasteiger partial charge is 0.364 e. The molecule has 4 amide bonds. The number of nitrogens with one attached hydrogen (secondary N) is 2. The summed E-state index contributed by atoms with van der Waals surface area (Å²) in [6.45, 7) is 2.09. The first-order valence-electron chi connectivity index (χ1n) is 13.8. The molecule has 0 bridgehead atoms. The van der Waals surface area contributed by atoms with E-state index in [9.17, 15) is 18.8 Å². The second-order valence-electron chi connectivity index (χ2n) is 11.1. The third kappa shape index (κ3) is 4.80. The minimum absolute atomic E-state index is 0.0208. The van der Waals surface area contributed by atoms with Crippen LogP contribution in [0.3, 0.4) is 0 Å². The molecular formula is C29H28FN9O3. The normalized spacial score (nSPS) is 20.0. The topological polar surface area (TPSA) is 138 Å². The van der Waals surface area contributed by atoms with Gasteiger partial charge >= 0.3 is 6.03 Å². The highest BCUT2D eigenvalue weighted by molar-refractivity contribution is 6.13. The predicted molar refractivity (Wildman–Crippen MR) is 150 cm³/mol. The Morgan fingerprint density at radius 1 is 1.10 bits per heavy atom. The minimum atomic E-state index is -0.398. The van der Waals surface area contributed by atoms with Crippen LogP contribution < -0.4 is 15.5 Å². The van der Waals surface area contributed by atoms with Crippen molar-refractivity contribution in [3.63, 3.8) is 0 Å². The standard InChI is InChI=1S/C29H28FN9O3/c1-15-3-6-21(30)26(34-15)19-8-20(19)28(41)36-24-9-23(32-14-33-24)31-10-18-12-38-11-17(16-4-5-16)7-22(27(38)35-18)39-13-25(40)37(2)29(39)42/h3,6-7,9,11-12,14,16,19-20H,4-5,8,10,13H2,1-2H3,(H2,31,32,33,36,41)/t19-,20-/m0/s1. The fourth-order valence-electron chi connectivity index (χ4n) is 5.39. The fraction of sp³-hybridized carbons (Fsp3) is 0.345. The number of aromatic nitrogens is 5. The first kappa shape index (κ1) is 26.0. The summed E-state index contributed by atoms with van der Waals surface area (Å²) >= 11 is 0. The minimum Gasteiger partial charge on any atom is -0.364 e. The smallest absolute Gasteiger partial charge is 0.331 e. The van der Waals surface area contributed by atoms with Crippen LogP contribution in [-0.2, 0) is 16.1 Å². The van der Waals surface area contributed by atoms with Crippen LogP contribution in [0.2, 0.25) is 0 Å². The molecule has 1 aliphatic heterocycles. The number of anilines is 3. The maximum absolute atomic E-state index is 14.2. The molecule has 13 heteroatoms. The number of fused-ring (bicyclic) bond motifs is 1. The van der Waals surface area contributed by atoms with Crippen LogP contribution in [0.1, 0.15) is 53.7 Å². The van der Waals surface area contributed by atoms with Gasteiger partial charge in [0, 0.05) is 43.0 Å². The zero-order valence-corrected chi connectivity index (χ0v) is 23.0. The summed E-state index contributed by atoms with van der Waals surface area (Å²) in [6.07, 6.45) is 7.98. The van der Waals surface area contributed by atoms with Crippen molar-refractivity contribution in [1.82, 2.24) is 29.2 Å². The molecule has 2 N–H and O–H groups in total. The van der Waals surface area contributed by atoms with Crippen LogP contribution in [-0.4, -0.2) is 60.7 Å². The molecule has 4 aromatic heterocycles. The van der Waals surface area contributed by atoms with Gasteiger partial charge in [0.25, 0.3) is 0 Å². The van der Waals surface area contributed by atoms with Crippen LogP contribution in [0, 0.1) is 18.7 Å². The van der Waals surface area contributed by atoms with Gasteiger partial charge in [0.2, 0.25) is 11.8 Å². The SMILES string of the molecule is Cc1ccc(F)c([C@H]2C[C@@H]2C(=O)Nc2cc(NCc3cn4cc(C5CC5)cc(N5CC(=O)N(C)C5=O)c4n3)ncn2)n1. The highest BCUT2D eigenvalue weighted by Gasteiger charge is 2.46. The Balaban J connectivity index is 1.05. The van der Waals surface area contributed by atoms with E-state index >= 15 is 0 Å². The molecule has 3 fully saturated rings. The van der Waals surface area contributed by atoms with E-state index in [2.05, 4.69) is 25.6 Å². The Morgan fingerprint density at radius 3 is 2.67 bits per heavy atom. The van der Waals surface area contributed by atoms with Crippen molar-refractivity contribution in [3.8, 4) is 0 Å². The van der Waals surface area contributed by atoms with E-state index in [0.29, 0.717) is 58.9 Å². The number of likely N-dealkylation sites (N-methyl/N-ethyl adjacent to an activating group) is 1. The molecular weight excluding hydrogens is 541 g/mol. The number of hydrogen-bond acceptors (Lipinski definition) is 8. The van der Waals surface area contributed by atoms with Crippen LogP contribution in [0.5, 0.6) is 0 Å². The zero-order valence-electron chi connectivity index (χ0n) is 23.0. The van der Waals surface area contributed by atoms with E-state index in [1.165, 1.54) is 24.3 Å². The number of hydrogen-bond donors (Lipinski definition) is 2. The summed E-state index contributed by atoms with van der Waals surface area (Å²) in [5, 5.41) is 6.01. The van der Waals surface area contributed by atoms with Gasteiger partial charge in [0.1, 0.15) is 30.3 Å². The number of imidazole rings is 1. The lowest BCUT2D eigenvalue weighted by Crippen LogP contribution is -2.30. The van der Waals surface area contributed by atoms with E-state index in [4.69, 9.17) is 4.98 Å². The summed E-state index contributed by atoms with van der Waals surface area (Å²) in [5.41, 5.74) is 4.04. The highest BCUT2D eigenvalue weighted by atomic mass is 19.1. The van der Waals surface area contributed by atoms with E-state index in [1.807, 2.05) is 22.9 Å². The molecule has 4 aromatic rings. The summed E-state index contributed by atoms with van der Waals surface area (Å²) in [6, 6.07) is 6.21. The number of pyridine rings is 2.